The minimum Gasteiger partial charge on any atom is -0.352 e. The first-order valence-corrected chi connectivity index (χ1v) is 5.75. The third kappa shape index (κ3) is 2.95. The van der Waals surface area contributed by atoms with Crippen LogP contribution in [-0.4, -0.2) is 12.5 Å². The summed E-state index contributed by atoms with van der Waals surface area (Å²) in [7, 11) is 0. The Hall–Kier alpha value is -0.100. The molecule has 1 aromatic rings. The Bertz CT molecular complexity index is 327. The highest BCUT2D eigenvalue weighted by Gasteiger charge is 2.07. The fourth-order valence-corrected chi connectivity index (χ4v) is 2.48. The topological polar surface area (TPSA) is 29.1 Å². The molecule has 70 valence electrons. The Labute approximate surface area is 99.4 Å². The number of nitrogens with one attached hydrogen (secondary N) is 1. The second kappa shape index (κ2) is 4.95. The SMILES string of the molecule is CCNC(=O)c1ccc(Br)cc1I. The minimum atomic E-state index is -0.0144. The van der Waals surface area contributed by atoms with E-state index in [4.69, 9.17) is 0 Å². The zero-order valence-corrected chi connectivity index (χ0v) is 10.8. The van der Waals surface area contributed by atoms with Crippen molar-refractivity contribution in [1.82, 2.24) is 5.32 Å². The van der Waals surface area contributed by atoms with Gasteiger partial charge in [-0.25, -0.2) is 0 Å². The number of halogens is 2. The highest BCUT2D eigenvalue weighted by Crippen LogP contribution is 2.18. The van der Waals surface area contributed by atoms with Crippen LogP contribution < -0.4 is 5.32 Å². The van der Waals surface area contributed by atoms with Crippen LogP contribution in [0.5, 0.6) is 0 Å². The molecule has 0 aliphatic heterocycles. The molecule has 13 heavy (non-hydrogen) atoms. The van der Waals surface area contributed by atoms with Crippen LogP contribution >= 0.6 is 38.5 Å². The van der Waals surface area contributed by atoms with Crippen molar-refractivity contribution in [3.63, 3.8) is 0 Å². The van der Waals surface area contributed by atoms with E-state index in [1.807, 2.05) is 25.1 Å². The summed E-state index contributed by atoms with van der Waals surface area (Å²) in [6.45, 7) is 2.56. The fourth-order valence-electron chi connectivity index (χ4n) is 0.929. The van der Waals surface area contributed by atoms with E-state index in [-0.39, 0.29) is 5.91 Å². The van der Waals surface area contributed by atoms with Crippen molar-refractivity contribution < 1.29 is 4.79 Å². The summed E-state index contributed by atoms with van der Waals surface area (Å²) in [6.07, 6.45) is 0. The molecule has 1 N–H and O–H groups in total. The number of amides is 1. The van der Waals surface area contributed by atoms with Crippen molar-refractivity contribution in [3.05, 3.63) is 31.8 Å². The molecule has 1 rings (SSSR count). The Kier molecular flexibility index (Phi) is 4.18. The van der Waals surface area contributed by atoms with E-state index in [2.05, 4.69) is 43.8 Å². The van der Waals surface area contributed by atoms with E-state index in [9.17, 15) is 4.79 Å². The predicted molar refractivity (Wildman–Crippen MR) is 64.9 cm³/mol. The summed E-state index contributed by atoms with van der Waals surface area (Å²) in [5, 5.41) is 2.76. The normalized spacial score (nSPS) is 9.77. The highest BCUT2D eigenvalue weighted by molar-refractivity contribution is 14.1. The van der Waals surface area contributed by atoms with Crippen molar-refractivity contribution in [2.45, 2.75) is 6.92 Å². The molecule has 0 spiro atoms. The largest absolute Gasteiger partial charge is 0.352 e. The van der Waals surface area contributed by atoms with Crippen LogP contribution in [0.25, 0.3) is 0 Å². The molecule has 0 saturated carbocycles. The van der Waals surface area contributed by atoms with Crippen molar-refractivity contribution in [2.75, 3.05) is 6.54 Å². The first kappa shape index (κ1) is 11.0. The fraction of sp³-hybridized carbons (Fsp3) is 0.222. The van der Waals surface area contributed by atoms with Gasteiger partial charge < -0.3 is 5.32 Å². The maximum absolute atomic E-state index is 11.4. The zero-order valence-electron chi connectivity index (χ0n) is 7.10. The van der Waals surface area contributed by atoms with Crippen LogP contribution in [0, 0.1) is 3.57 Å². The molecule has 0 bridgehead atoms. The van der Waals surface area contributed by atoms with Crippen molar-refractivity contribution in [3.8, 4) is 0 Å². The van der Waals surface area contributed by atoms with Crippen molar-refractivity contribution >= 4 is 44.4 Å². The zero-order chi connectivity index (χ0) is 9.84. The molecular formula is C9H9BrINO. The molecule has 0 saturated heterocycles. The van der Waals surface area contributed by atoms with Crippen LogP contribution in [0.15, 0.2) is 22.7 Å². The highest BCUT2D eigenvalue weighted by atomic mass is 127. The van der Waals surface area contributed by atoms with Crippen LogP contribution in [0.4, 0.5) is 0 Å². The van der Waals surface area contributed by atoms with Crippen molar-refractivity contribution in [2.24, 2.45) is 0 Å². The second-order valence-electron chi connectivity index (χ2n) is 2.48. The summed E-state index contributed by atoms with van der Waals surface area (Å²) >= 11 is 5.50. The quantitative estimate of drug-likeness (QED) is 0.814. The van der Waals surface area contributed by atoms with E-state index in [0.29, 0.717) is 6.54 Å². The lowest BCUT2D eigenvalue weighted by Crippen LogP contribution is -2.23. The number of hydrogen-bond donors (Lipinski definition) is 1. The Balaban J connectivity index is 2.95. The molecule has 0 radical (unpaired) electrons. The monoisotopic (exact) mass is 353 g/mol. The van der Waals surface area contributed by atoms with Gasteiger partial charge in [-0.15, -0.1) is 0 Å². The van der Waals surface area contributed by atoms with Gasteiger partial charge in [0, 0.05) is 14.6 Å². The molecule has 1 amide bonds. The lowest BCUT2D eigenvalue weighted by molar-refractivity contribution is 0.0955. The van der Waals surface area contributed by atoms with Gasteiger partial charge in [-0.3, -0.25) is 4.79 Å². The van der Waals surface area contributed by atoms with E-state index < -0.39 is 0 Å². The van der Waals surface area contributed by atoms with Crippen LogP contribution in [0.2, 0.25) is 0 Å². The molecule has 0 aliphatic carbocycles. The molecule has 2 nitrogen and oxygen atoms in total. The molecule has 0 aliphatic rings. The smallest absolute Gasteiger partial charge is 0.252 e. The molecule has 0 fully saturated rings. The first-order chi connectivity index (χ1) is 6.15. The number of benzene rings is 1. The van der Waals surface area contributed by atoms with E-state index in [1.165, 1.54) is 0 Å². The van der Waals surface area contributed by atoms with Gasteiger partial charge >= 0.3 is 0 Å². The van der Waals surface area contributed by atoms with E-state index in [0.717, 1.165) is 13.6 Å². The van der Waals surface area contributed by atoms with Crippen LogP contribution in [0.3, 0.4) is 0 Å². The van der Waals surface area contributed by atoms with Gasteiger partial charge in [-0.1, -0.05) is 15.9 Å². The van der Waals surface area contributed by atoms with E-state index >= 15 is 0 Å². The summed E-state index contributed by atoms with van der Waals surface area (Å²) < 4.78 is 1.95. The molecular weight excluding hydrogens is 345 g/mol. The van der Waals surface area contributed by atoms with Gasteiger partial charge in [0.2, 0.25) is 0 Å². The van der Waals surface area contributed by atoms with Gasteiger partial charge in [0.1, 0.15) is 0 Å². The third-order valence-electron chi connectivity index (χ3n) is 1.51. The molecule has 0 atom stereocenters. The lowest BCUT2D eigenvalue weighted by Gasteiger charge is -2.04. The van der Waals surface area contributed by atoms with Gasteiger partial charge in [0.05, 0.1) is 5.56 Å². The molecule has 0 aromatic heterocycles. The van der Waals surface area contributed by atoms with Gasteiger partial charge in [-0.2, -0.15) is 0 Å². The van der Waals surface area contributed by atoms with E-state index in [1.54, 1.807) is 0 Å². The average Bonchev–Trinajstić information content (AvgIpc) is 2.04. The van der Waals surface area contributed by atoms with Gasteiger partial charge in [0.15, 0.2) is 0 Å². The predicted octanol–water partition coefficient (Wildman–Crippen LogP) is 2.80. The molecule has 0 unspecified atom stereocenters. The Morgan fingerprint density at radius 1 is 1.62 bits per heavy atom. The summed E-state index contributed by atoms with van der Waals surface area (Å²) in [5.41, 5.74) is 0.727. The standard InChI is InChI=1S/C9H9BrINO/c1-2-12-9(13)7-4-3-6(10)5-8(7)11/h3-5H,2H2,1H3,(H,12,13). The van der Waals surface area contributed by atoms with Crippen molar-refractivity contribution in [1.29, 1.82) is 0 Å². The second-order valence-corrected chi connectivity index (χ2v) is 4.56. The Morgan fingerprint density at radius 2 is 2.31 bits per heavy atom. The van der Waals surface area contributed by atoms with Gasteiger partial charge in [-0.05, 0) is 47.7 Å². The average molecular weight is 354 g/mol. The van der Waals surface area contributed by atoms with Crippen LogP contribution in [-0.2, 0) is 0 Å². The Morgan fingerprint density at radius 3 is 2.85 bits per heavy atom. The maximum atomic E-state index is 11.4. The number of carbonyl (C=O) groups excluding carboxylic acids is 1. The molecule has 0 heterocycles. The number of hydrogen-bond acceptors (Lipinski definition) is 1. The first-order valence-electron chi connectivity index (χ1n) is 3.88. The maximum Gasteiger partial charge on any atom is 0.252 e. The number of rotatable bonds is 2. The minimum absolute atomic E-state index is 0.0144. The third-order valence-corrected chi connectivity index (χ3v) is 2.90. The van der Waals surface area contributed by atoms with Gasteiger partial charge in [0.25, 0.3) is 5.91 Å². The molecule has 1 aromatic carbocycles. The number of carbonyl (C=O) groups is 1. The summed E-state index contributed by atoms with van der Waals surface area (Å²) in [6, 6.07) is 5.61. The lowest BCUT2D eigenvalue weighted by atomic mass is 10.2. The summed E-state index contributed by atoms with van der Waals surface area (Å²) in [5.74, 6) is -0.0144. The van der Waals surface area contributed by atoms with Crippen LogP contribution in [0.1, 0.15) is 17.3 Å². The summed E-state index contributed by atoms with van der Waals surface area (Å²) in [4.78, 5) is 11.4. The molecule has 4 heteroatoms.